The number of carbonyl (C=O) groups is 3. The van der Waals surface area contributed by atoms with E-state index in [4.69, 9.17) is 9.47 Å². The van der Waals surface area contributed by atoms with Crippen LogP contribution in [0.5, 0.6) is 0 Å². The van der Waals surface area contributed by atoms with Crippen molar-refractivity contribution in [3.63, 3.8) is 0 Å². The van der Waals surface area contributed by atoms with Crippen LogP contribution < -0.4 is 14.9 Å². The lowest BCUT2D eigenvalue weighted by molar-refractivity contribution is -0.141. The standard InChI is InChI=1S/C45H51F4N7O6S/c1-41(2,3)61-39(58)55(40(59)62-42(4,5)6)37-32-25-31(14-12-28(32)17-23-51-37)56-35(26-36(53-56)45(47,48)49)38(57)52-34-24-30(13-15-33(34)46)44(20-16-27-10-11-27,29-18-21-50-22-19-29)54-63(60)43(7,8)9/h12-15,17-19,21-27,54H,10-11,16,20H2,1-9H3,(H,52,57)/t44?,63-/m1/s1. The molecule has 18 heteroatoms. The van der Waals surface area contributed by atoms with Gasteiger partial charge in [0.25, 0.3) is 5.91 Å². The van der Waals surface area contributed by atoms with Gasteiger partial charge in [0.15, 0.2) is 11.5 Å². The van der Waals surface area contributed by atoms with Crippen LogP contribution in [0.3, 0.4) is 0 Å². The molecule has 0 radical (unpaired) electrons. The second-order valence-electron chi connectivity index (χ2n) is 18.4. The van der Waals surface area contributed by atoms with Crippen LogP contribution in [0.1, 0.15) is 115 Å². The summed E-state index contributed by atoms with van der Waals surface area (Å²) in [6, 6.07) is 13.8. The zero-order chi connectivity index (χ0) is 46.3. The van der Waals surface area contributed by atoms with Crippen LogP contribution in [0.15, 0.2) is 79.3 Å². The lowest BCUT2D eigenvalue weighted by Gasteiger charge is -2.38. The number of pyridine rings is 2. The van der Waals surface area contributed by atoms with Crippen LogP contribution in [0.25, 0.3) is 16.5 Å². The van der Waals surface area contributed by atoms with Crippen LogP contribution in [-0.4, -0.2) is 58.3 Å². The Balaban J connectivity index is 1.45. The molecule has 1 unspecified atom stereocenters. The number of hydrogen-bond donors (Lipinski definition) is 2. The van der Waals surface area contributed by atoms with Gasteiger partial charge in [-0.3, -0.25) is 9.78 Å². The molecule has 1 fully saturated rings. The van der Waals surface area contributed by atoms with Crippen molar-refractivity contribution in [2.45, 2.75) is 116 Å². The highest BCUT2D eigenvalue weighted by molar-refractivity contribution is 7.90. The molecular formula is C45H51F4N7O6S. The minimum atomic E-state index is -5.01. The van der Waals surface area contributed by atoms with Crippen molar-refractivity contribution in [2.75, 3.05) is 10.2 Å². The summed E-state index contributed by atoms with van der Waals surface area (Å²) >= 11 is -1.64. The Kier molecular flexibility index (Phi) is 13.0. The number of nitrogens with zero attached hydrogens (tertiary/aromatic N) is 5. The van der Waals surface area contributed by atoms with Crippen molar-refractivity contribution >= 4 is 51.7 Å². The highest BCUT2D eigenvalue weighted by Gasteiger charge is 2.44. The summed E-state index contributed by atoms with van der Waals surface area (Å²) in [6.45, 7) is 15.0. The Labute approximate surface area is 366 Å². The number of ether oxygens (including phenoxy) is 2. The maximum atomic E-state index is 15.9. The van der Waals surface area contributed by atoms with E-state index in [9.17, 15) is 32.1 Å². The predicted octanol–water partition coefficient (Wildman–Crippen LogP) is 10.4. The number of carbonyl (C=O) groups excluding carboxylic acids is 3. The summed E-state index contributed by atoms with van der Waals surface area (Å²) in [5.74, 6) is -1.86. The van der Waals surface area contributed by atoms with E-state index in [1.807, 2.05) is 20.8 Å². The molecule has 1 saturated carbocycles. The van der Waals surface area contributed by atoms with E-state index in [-0.39, 0.29) is 22.6 Å². The van der Waals surface area contributed by atoms with Crippen molar-refractivity contribution in [1.29, 1.82) is 0 Å². The van der Waals surface area contributed by atoms with E-state index in [1.54, 1.807) is 72.1 Å². The van der Waals surface area contributed by atoms with Crippen LogP contribution in [-0.2, 0) is 32.6 Å². The van der Waals surface area contributed by atoms with Gasteiger partial charge in [0.2, 0.25) is 0 Å². The molecule has 0 bridgehead atoms. The molecule has 3 heterocycles. The molecule has 5 aromatic rings. The lowest BCUT2D eigenvalue weighted by Crippen LogP contribution is -2.52. The first-order chi connectivity index (χ1) is 29.3. The maximum absolute atomic E-state index is 15.9. The molecule has 2 aromatic carbocycles. The first-order valence-electron chi connectivity index (χ1n) is 20.3. The normalized spacial score (nSPS) is 15.1. The van der Waals surface area contributed by atoms with Crippen molar-refractivity contribution in [3.05, 3.63) is 108 Å². The third-order valence-electron chi connectivity index (χ3n) is 9.90. The molecule has 2 N–H and O–H groups in total. The van der Waals surface area contributed by atoms with Crippen molar-refractivity contribution in [3.8, 4) is 5.69 Å². The molecule has 2 atom stereocenters. The van der Waals surface area contributed by atoms with Gasteiger partial charge in [-0.15, -0.1) is 4.72 Å². The molecule has 3 amide bonds. The number of halogens is 4. The summed E-state index contributed by atoms with van der Waals surface area (Å²) in [6.07, 6.45) is 0.479. The summed E-state index contributed by atoms with van der Waals surface area (Å²) in [7, 11) is 0. The number of aromatic nitrogens is 4. The second-order valence-corrected chi connectivity index (χ2v) is 20.4. The molecular weight excluding hydrogens is 843 g/mol. The third-order valence-corrected chi connectivity index (χ3v) is 11.5. The topological polar surface area (TPSA) is 164 Å². The van der Waals surface area contributed by atoms with E-state index < -0.39 is 74.3 Å². The summed E-state index contributed by atoms with van der Waals surface area (Å²) in [5.41, 5.74) is -4.67. The Bertz CT molecular complexity index is 2470. The lowest BCUT2D eigenvalue weighted by atomic mass is 9.79. The molecule has 336 valence electrons. The number of fused-ring (bicyclic) bond motifs is 1. The van der Waals surface area contributed by atoms with Gasteiger partial charge < -0.3 is 19.3 Å². The van der Waals surface area contributed by atoms with Crippen molar-refractivity contribution in [2.24, 2.45) is 5.92 Å². The summed E-state index contributed by atoms with van der Waals surface area (Å²) in [4.78, 5) is 50.4. The number of benzene rings is 2. The average Bonchev–Trinajstić information content (AvgIpc) is 3.89. The molecule has 0 spiro atoms. The maximum Gasteiger partial charge on any atom is 0.435 e. The molecule has 0 aliphatic heterocycles. The minimum absolute atomic E-state index is 0.0830. The predicted molar refractivity (Wildman–Crippen MR) is 231 cm³/mol. The average molecular weight is 894 g/mol. The Hall–Kier alpha value is -5.59. The molecule has 6 rings (SSSR count). The molecule has 13 nitrogen and oxygen atoms in total. The molecule has 63 heavy (non-hydrogen) atoms. The fourth-order valence-electron chi connectivity index (χ4n) is 6.66. The van der Waals surface area contributed by atoms with Gasteiger partial charge in [0.05, 0.1) is 11.4 Å². The van der Waals surface area contributed by atoms with Crippen LogP contribution in [0, 0.1) is 11.7 Å². The second kappa shape index (κ2) is 17.5. The minimum Gasteiger partial charge on any atom is -0.598 e. The Morgan fingerprint density at radius 3 is 2.05 bits per heavy atom. The number of anilines is 2. The summed E-state index contributed by atoms with van der Waals surface area (Å²) < 4.78 is 87.2. The van der Waals surface area contributed by atoms with Gasteiger partial charge in [-0.2, -0.15) is 23.2 Å². The number of nitrogens with one attached hydrogen (secondary N) is 2. The number of imide groups is 1. The first-order valence-corrected chi connectivity index (χ1v) is 21.4. The molecule has 0 saturated heterocycles. The smallest absolute Gasteiger partial charge is 0.435 e. The van der Waals surface area contributed by atoms with Gasteiger partial charge >= 0.3 is 18.4 Å². The van der Waals surface area contributed by atoms with Gasteiger partial charge in [0.1, 0.15) is 33.0 Å². The van der Waals surface area contributed by atoms with Crippen LogP contribution in [0.4, 0.5) is 38.7 Å². The van der Waals surface area contributed by atoms with Crippen LogP contribution in [0.2, 0.25) is 0 Å². The Morgan fingerprint density at radius 2 is 1.48 bits per heavy atom. The summed E-state index contributed by atoms with van der Waals surface area (Å²) in [5, 5.41) is 6.70. The molecule has 1 aliphatic carbocycles. The van der Waals surface area contributed by atoms with E-state index in [0.717, 1.165) is 30.0 Å². The number of amides is 3. The number of alkyl halides is 3. The largest absolute Gasteiger partial charge is 0.598 e. The fourth-order valence-corrected chi connectivity index (χ4v) is 7.62. The Morgan fingerprint density at radius 1 is 0.841 bits per heavy atom. The van der Waals surface area contributed by atoms with Crippen LogP contribution >= 0.6 is 0 Å². The van der Waals surface area contributed by atoms with Gasteiger partial charge in [-0.1, -0.05) is 25.0 Å². The SMILES string of the molecule is CC(C)(C)OC(=O)N(C(=O)OC(C)(C)C)c1nccc2ccc(-n3nc(C(F)(F)F)cc3C(=O)Nc3cc(C(CCC4CC4)(N[S@+]([O-])C(C)(C)C)c4ccncc4)ccc3F)cc12. The van der Waals surface area contributed by atoms with E-state index in [1.165, 1.54) is 36.5 Å². The highest BCUT2D eigenvalue weighted by Crippen LogP contribution is 2.43. The molecule has 1 aliphatic rings. The quantitative estimate of drug-likeness (QED) is 0.0963. The zero-order valence-corrected chi connectivity index (χ0v) is 37.3. The fraction of sp³-hybridized carbons (Fsp3) is 0.422. The number of rotatable bonds is 11. The van der Waals surface area contributed by atoms with Gasteiger partial charge in [-0.25, -0.2) is 23.6 Å². The van der Waals surface area contributed by atoms with Crippen molar-refractivity contribution < 1.29 is 46.0 Å². The molecule has 3 aromatic heterocycles. The van der Waals surface area contributed by atoms with Gasteiger partial charge in [0, 0.05) is 41.4 Å². The van der Waals surface area contributed by atoms with Gasteiger partial charge in [-0.05, 0) is 140 Å². The van der Waals surface area contributed by atoms with E-state index in [0.29, 0.717) is 39.8 Å². The zero-order valence-electron chi connectivity index (χ0n) is 36.5. The third kappa shape index (κ3) is 11.1. The van der Waals surface area contributed by atoms with E-state index in [2.05, 4.69) is 25.1 Å². The number of hydrogen-bond acceptors (Lipinski definition) is 10. The van der Waals surface area contributed by atoms with Crippen molar-refractivity contribution in [1.82, 2.24) is 24.5 Å². The first kappa shape index (κ1) is 46.9. The highest BCUT2D eigenvalue weighted by atomic mass is 32.2. The van der Waals surface area contributed by atoms with E-state index >= 15 is 4.39 Å². The monoisotopic (exact) mass is 893 g/mol.